The van der Waals surface area contributed by atoms with Gasteiger partial charge in [0.2, 0.25) is 0 Å². The third-order valence-electron chi connectivity index (χ3n) is 9.41. The molecular formula is C38H61FN4O2. The van der Waals surface area contributed by atoms with Crippen molar-refractivity contribution in [3.8, 4) is 6.01 Å². The van der Waals surface area contributed by atoms with Gasteiger partial charge in [-0.05, 0) is 102 Å². The van der Waals surface area contributed by atoms with E-state index in [0.29, 0.717) is 35.1 Å². The number of aromatic nitrogens is 2. The molecule has 7 heteroatoms. The van der Waals surface area contributed by atoms with Crippen LogP contribution in [0, 0.1) is 22.6 Å². The van der Waals surface area contributed by atoms with Crippen LogP contribution in [0.1, 0.15) is 131 Å². The molecule has 1 fully saturated rings. The van der Waals surface area contributed by atoms with Crippen molar-refractivity contribution in [3.05, 3.63) is 62.6 Å². The van der Waals surface area contributed by atoms with Crippen LogP contribution in [0.2, 0.25) is 0 Å². The molecule has 1 heterocycles. The van der Waals surface area contributed by atoms with Crippen molar-refractivity contribution in [2.24, 2.45) is 17.1 Å². The number of nitrogens with one attached hydrogen (secondary N) is 1. The highest BCUT2D eigenvalue weighted by Crippen LogP contribution is 2.48. The summed E-state index contributed by atoms with van der Waals surface area (Å²) < 4.78 is 22.3. The first-order chi connectivity index (χ1) is 21.4. The van der Waals surface area contributed by atoms with E-state index in [-0.39, 0.29) is 34.8 Å². The molecule has 1 aliphatic rings. The molecule has 0 spiro atoms. The average molecular weight is 625 g/mol. The first-order valence-corrected chi connectivity index (χ1v) is 16.8. The molecule has 6 nitrogen and oxygen atoms in total. The van der Waals surface area contributed by atoms with E-state index in [1.165, 1.54) is 32.5 Å². The zero-order valence-corrected chi connectivity index (χ0v) is 30.3. The second-order valence-electron chi connectivity index (χ2n) is 12.5. The molecule has 0 bridgehead atoms. The maximum atomic E-state index is 16.4. The lowest BCUT2D eigenvalue weighted by Crippen LogP contribution is -2.17. The van der Waals surface area contributed by atoms with Crippen molar-refractivity contribution in [2.45, 2.75) is 128 Å². The summed E-state index contributed by atoms with van der Waals surface area (Å²) in [5.41, 5.74) is 10.9. The van der Waals surface area contributed by atoms with E-state index >= 15 is 4.39 Å². The fourth-order valence-corrected chi connectivity index (χ4v) is 5.36. The highest BCUT2D eigenvalue weighted by Gasteiger charge is 2.41. The van der Waals surface area contributed by atoms with Gasteiger partial charge in [-0.15, -0.1) is 0 Å². The molecule has 0 radical (unpaired) electrons. The first-order valence-electron chi connectivity index (χ1n) is 16.8. The molecule has 1 saturated carbocycles. The number of ether oxygens (including phenoxy) is 1. The van der Waals surface area contributed by atoms with Crippen LogP contribution in [-0.4, -0.2) is 34.4 Å². The number of nitrogens with zero attached hydrogens (tertiary/aromatic N) is 2. The number of nitrogens with two attached hydrogens (primary N) is 1. The summed E-state index contributed by atoms with van der Waals surface area (Å²) in [6.45, 7) is 23.0. The first kappa shape index (κ1) is 40.1. The largest absolute Gasteiger partial charge is 0.463 e. The van der Waals surface area contributed by atoms with Gasteiger partial charge in [-0.25, -0.2) is 9.37 Å². The Kier molecular flexibility index (Phi) is 16.9. The van der Waals surface area contributed by atoms with E-state index in [1.807, 2.05) is 54.5 Å². The van der Waals surface area contributed by atoms with Gasteiger partial charge in [-0.3, -0.25) is 5.41 Å². The molecule has 0 amide bonds. The van der Waals surface area contributed by atoms with Crippen LogP contribution in [-0.2, 0) is 13.0 Å². The Morgan fingerprint density at radius 3 is 2.13 bits per heavy atom. The zero-order chi connectivity index (χ0) is 34.5. The minimum Gasteiger partial charge on any atom is -0.463 e. The second kappa shape index (κ2) is 18.9. The number of halogens is 1. The number of rotatable bonds is 13. The fourth-order valence-electron chi connectivity index (χ4n) is 5.36. The van der Waals surface area contributed by atoms with Gasteiger partial charge in [-0.2, -0.15) is 4.98 Å². The van der Waals surface area contributed by atoms with E-state index in [1.54, 1.807) is 0 Å². The maximum Gasteiger partial charge on any atom is 0.317 e. The third-order valence-corrected chi connectivity index (χ3v) is 9.41. The SMILES string of the molecule is C/C=C(C)\C(C)=C(/C(=N)c1c(CC)c(CO)c2cnc(OCC3(CC)CC3)nc2c1F)C(C)=C(C)C.CCCC(C)CC.CN. The summed E-state index contributed by atoms with van der Waals surface area (Å²) in [6, 6.07) is 0.129. The van der Waals surface area contributed by atoms with E-state index in [2.05, 4.69) is 43.4 Å². The molecule has 2 aromatic rings. The minimum absolute atomic E-state index is 0.0805. The molecule has 1 atom stereocenters. The average Bonchev–Trinajstić information content (AvgIpc) is 3.84. The second-order valence-corrected chi connectivity index (χ2v) is 12.5. The number of hydrogen-bond donors (Lipinski definition) is 3. The predicted molar refractivity (Wildman–Crippen MR) is 190 cm³/mol. The summed E-state index contributed by atoms with van der Waals surface area (Å²) >= 11 is 0. The van der Waals surface area contributed by atoms with Crippen molar-refractivity contribution < 1.29 is 14.2 Å². The number of aliphatic hydroxyl groups is 1. The summed E-state index contributed by atoms with van der Waals surface area (Å²) in [7, 11) is 1.50. The Morgan fingerprint density at radius 1 is 1.09 bits per heavy atom. The van der Waals surface area contributed by atoms with Crippen molar-refractivity contribution in [1.29, 1.82) is 5.41 Å². The van der Waals surface area contributed by atoms with Crippen LogP contribution in [0.4, 0.5) is 4.39 Å². The number of hydrogen-bond acceptors (Lipinski definition) is 6. The molecule has 0 aliphatic heterocycles. The van der Waals surface area contributed by atoms with Gasteiger partial charge in [0.1, 0.15) is 5.52 Å². The van der Waals surface area contributed by atoms with E-state index in [9.17, 15) is 10.5 Å². The van der Waals surface area contributed by atoms with Crippen molar-refractivity contribution in [3.63, 3.8) is 0 Å². The third kappa shape index (κ3) is 10.0. The number of fused-ring (bicyclic) bond motifs is 1. The summed E-state index contributed by atoms with van der Waals surface area (Å²) in [4.78, 5) is 8.78. The maximum absolute atomic E-state index is 16.4. The molecule has 0 saturated heterocycles. The van der Waals surface area contributed by atoms with Crippen molar-refractivity contribution in [1.82, 2.24) is 9.97 Å². The van der Waals surface area contributed by atoms with Crippen molar-refractivity contribution >= 4 is 16.6 Å². The van der Waals surface area contributed by atoms with Crippen molar-refractivity contribution in [2.75, 3.05) is 13.7 Å². The normalized spacial score (nSPS) is 14.8. The van der Waals surface area contributed by atoms with E-state index < -0.39 is 5.82 Å². The lowest BCUT2D eigenvalue weighted by Gasteiger charge is -2.22. The molecule has 1 aromatic heterocycles. The fraction of sp³-hybridized carbons (Fsp3) is 0.605. The van der Waals surface area contributed by atoms with Gasteiger partial charge in [0.25, 0.3) is 0 Å². The van der Waals surface area contributed by atoms with Gasteiger partial charge in [0.15, 0.2) is 5.82 Å². The van der Waals surface area contributed by atoms with Crippen LogP contribution in [0.15, 0.2) is 40.1 Å². The standard InChI is InChI=1S/C30H40FN3O2.C7H16.CH5N/c1-9-18(6)20(8)24(19(7)17(4)5)27(32)25-21(10-2)23(15-35)22-14-33-29(34-28(22)26(25)31)36-16-30(11-3)12-13-30;1-4-6-7(3)5-2;1-2/h9,14,32,35H,10-13,15-16H2,1-8H3;7H,4-6H2,1-3H3;2H2,1H3/b18-9-,24-20-,32-27?;;. The number of aliphatic hydroxyl groups excluding tert-OH is 1. The van der Waals surface area contributed by atoms with Crippen LogP contribution >= 0.6 is 0 Å². The Labute approximate surface area is 273 Å². The monoisotopic (exact) mass is 624 g/mol. The van der Waals surface area contributed by atoms with Gasteiger partial charge in [0.05, 0.1) is 18.9 Å². The summed E-state index contributed by atoms with van der Waals surface area (Å²) in [6.07, 6.45) is 11.3. The molecule has 3 rings (SSSR count). The van der Waals surface area contributed by atoms with Gasteiger partial charge >= 0.3 is 6.01 Å². The van der Waals surface area contributed by atoms with Gasteiger partial charge in [-0.1, -0.05) is 71.1 Å². The Bertz CT molecular complexity index is 1380. The highest BCUT2D eigenvalue weighted by atomic mass is 19.1. The summed E-state index contributed by atoms with van der Waals surface area (Å²) in [5, 5.41) is 20.1. The minimum atomic E-state index is -0.571. The molecule has 4 N–H and O–H groups in total. The Balaban J connectivity index is 0.000000991. The molecule has 252 valence electrons. The topological polar surface area (TPSA) is 105 Å². The van der Waals surface area contributed by atoms with Crippen LogP contribution in [0.25, 0.3) is 10.9 Å². The lowest BCUT2D eigenvalue weighted by molar-refractivity contribution is 0.214. The highest BCUT2D eigenvalue weighted by molar-refractivity contribution is 6.16. The van der Waals surface area contributed by atoms with E-state index in [4.69, 9.17) is 4.74 Å². The predicted octanol–water partition coefficient (Wildman–Crippen LogP) is 9.81. The Hall–Kier alpha value is -2.90. The van der Waals surface area contributed by atoms with Crippen LogP contribution in [0.3, 0.4) is 0 Å². The molecular weight excluding hydrogens is 563 g/mol. The lowest BCUT2D eigenvalue weighted by atomic mass is 9.84. The van der Waals surface area contributed by atoms with Gasteiger partial charge < -0.3 is 15.6 Å². The quantitative estimate of drug-likeness (QED) is 0.152. The number of benzene rings is 1. The smallest absolute Gasteiger partial charge is 0.317 e. The molecule has 1 aliphatic carbocycles. The molecule has 45 heavy (non-hydrogen) atoms. The van der Waals surface area contributed by atoms with E-state index in [0.717, 1.165) is 47.5 Å². The molecule has 1 unspecified atom stereocenters. The van der Waals surface area contributed by atoms with Crippen LogP contribution < -0.4 is 10.5 Å². The summed E-state index contributed by atoms with van der Waals surface area (Å²) in [5.74, 6) is 0.378. The van der Waals surface area contributed by atoms with Gasteiger partial charge in [0, 0.05) is 28.1 Å². The Morgan fingerprint density at radius 2 is 1.71 bits per heavy atom. The number of allylic oxidation sites excluding steroid dienone is 6. The zero-order valence-electron chi connectivity index (χ0n) is 30.3. The van der Waals surface area contributed by atoms with Crippen LogP contribution in [0.5, 0.6) is 6.01 Å². The molecule has 1 aromatic carbocycles.